The minimum atomic E-state index is -0.353. The number of carbonyl (C=O) groups is 2. The minimum absolute atomic E-state index is 0.0138. The van der Waals surface area contributed by atoms with Gasteiger partial charge in [-0.3, -0.25) is 9.59 Å². The van der Waals surface area contributed by atoms with Gasteiger partial charge < -0.3 is 10.1 Å². The van der Waals surface area contributed by atoms with Crippen molar-refractivity contribution in [2.24, 2.45) is 5.10 Å². The third kappa shape index (κ3) is 7.60. The van der Waals surface area contributed by atoms with E-state index in [2.05, 4.69) is 15.8 Å². The van der Waals surface area contributed by atoms with Crippen molar-refractivity contribution in [2.45, 2.75) is 19.4 Å². The summed E-state index contributed by atoms with van der Waals surface area (Å²) in [6.07, 6.45) is 1.57. The van der Waals surface area contributed by atoms with Crippen LogP contribution >= 0.6 is 11.6 Å². The van der Waals surface area contributed by atoms with Gasteiger partial charge in [0.1, 0.15) is 12.4 Å². The van der Waals surface area contributed by atoms with E-state index in [1.807, 2.05) is 54.6 Å². The summed E-state index contributed by atoms with van der Waals surface area (Å²) in [5.74, 6) is 0.0984. The molecule has 2 N–H and O–H groups in total. The maximum atomic E-state index is 11.9. The van der Waals surface area contributed by atoms with Gasteiger partial charge in [-0.1, -0.05) is 54.1 Å². The van der Waals surface area contributed by atoms with Crippen molar-refractivity contribution in [3.05, 3.63) is 95.0 Å². The fraction of sp³-hybridized carbons (Fsp3) is 0.125. The first-order chi connectivity index (χ1) is 15.1. The van der Waals surface area contributed by atoms with Gasteiger partial charge in [0.15, 0.2) is 0 Å². The van der Waals surface area contributed by atoms with Gasteiger partial charge in [-0.05, 0) is 47.5 Å². The summed E-state index contributed by atoms with van der Waals surface area (Å²) >= 11 is 5.99. The van der Waals surface area contributed by atoms with Crippen molar-refractivity contribution in [2.75, 3.05) is 5.32 Å². The van der Waals surface area contributed by atoms with Crippen LogP contribution in [0.1, 0.15) is 24.0 Å². The summed E-state index contributed by atoms with van der Waals surface area (Å²) in [6.45, 7) is 0.494. The molecule has 158 valence electrons. The molecular weight excluding hydrogens is 414 g/mol. The lowest BCUT2D eigenvalue weighted by atomic mass is 10.2. The Morgan fingerprint density at radius 3 is 2.29 bits per heavy atom. The highest BCUT2D eigenvalue weighted by Crippen LogP contribution is 2.20. The van der Waals surface area contributed by atoms with E-state index < -0.39 is 0 Å². The molecule has 31 heavy (non-hydrogen) atoms. The number of para-hydroxylation sites is 1. The summed E-state index contributed by atoms with van der Waals surface area (Å²) in [7, 11) is 0. The molecule has 0 aliphatic rings. The summed E-state index contributed by atoms with van der Waals surface area (Å²) in [6, 6.07) is 24.2. The number of rotatable bonds is 9. The number of ether oxygens (including phenoxy) is 1. The van der Waals surface area contributed by atoms with Gasteiger partial charge in [-0.2, -0.15) is 5.10 Å². The number of nitrogens with one attached hydrogen (secondary N) is 2. The van der Waals surface area contributed by atoms with Crippen LogP contribution in [-0.2, 0) is 16.2 Å². The van der Waals surface area contributed by atoms with Gasteiger partial charge in [0, 0.05) is 12.8 Å². The lowest BCUT2D eigenvalue weighted by Gasteiger charge is -2.06. The Bertz CT molecular complexity index is 1040. The van der Waals surface area contributed by atoms with Crippen LogP contribution in [0.25, 0.3) is 0 Å². The van der Waals surface area contributed by atoms with Crippen LogP contribution in [0.2, 0.25) is 5.02 Å². The average Bonchev–Trinajstić information content (AvgIpc) is 2.79. The van der Waals surface area contributed by atoms with E-state index in [9.17, 15) is 9.59 Å². The van der Waals surface area contributed by atoms with E-state index in [4.69, 9.17) is 16.3 Å². The Kier molecular flexibility index (Phi) is 8.20. The largest absolute Gasteiger partial charge is 0.489 e. The molecule has 2 amide bonds. The van der Waals surface area contributed by atoms with Crippen molar-refractivity contribution in [3.8, 4) is 5.75 Å². The molecule has 0 saturated heterocycles. The van der Waals surface area contributed by atoms with Crippen molar-refractivity contribution >= 4 is 35.3 Å². The highest BCUT2D eigenvalue weighted by Gasteiger charge is 2.08. The van der Waals surface area contributed by atoms with Crippen LogP contribution in [0.5, 0.6) is 5.75 Å². The molecule has 0 aliphatic heterocycles. The summed E-state index contributed by atoms with van der Waals surface area (Å²) in [5, 5.41) is 7.04. The van der Waals surface area contributed by atoms with Gasteiger partial charge in [0.05, 0.1) is 16.9 Å². The summed E-state index contributed by atoms with van der Waals surface area (Å²) in [4.78, 5) is 23.8. The zero-order valence-electron chi connectivity index (χ0n) is 16.8. The van der Waals surface area contributed by atoms with Crippen LogP contribution in [0, 0.1) is 0 Å². The number of carbonyl (C=O) groups excluding carboxylic acids is 2. The number of anilines is 1. The maximum absolute atomic E-state index is 11.9. The Morgan fingerprint density at radius 1 is 0.871 bits per heavy atom. The van der Waals surface area contributed by atoms with E-state index in [1.165, 1.54) is 6.21 Å². The van der Waals surface area contributed by atoms with E-state index in [-0.39, 0.29) is 24.7 Å². The molecule has 0 heterocycles. The highest BCUT2D eigenvalue weighted by atomic mass is 35.5. The van der Waals surface area contributed by atoms with Gasteiger partial charge in [0.2, 0.25) is 11.8 Å². The number of benzene rings is 3. The molecular formula is C24H22ClN3O3. The predicted octanol–water partition coefficient (Wildman–Crippen LogP) is 4.79. The lowest BCUT2D eigenvalue weighted by molar-refractivity contribution is -0.124. The first-order valence-corrected chi connectivity index (χ1v) is 10.1. The molecule has 0 atom stereocenters. The van der Waals surface area contributed by atoms with Gasteiger partial charge >= 0.3 is 0 Å². The highest BCUT2D eigenvalue weighted by molar-refractivity contribution is 6.33. The second-order valence-corrected chi connectivity index (χ2v) is 7.07. The molecule has 0 spiro atoms. The molecule has 3 aromatic rings. The molecule has 0 unspecified atom stereocenters. The van der Waals surface area contributed by atoms with Gasteiger partial charge in [-0.25, -0.2) is 5.43 Å². The van der Waals surface area contributed by atoms with Gasteiger partial charge in [0.25, 0.3) is 0 Å². The normalized spacial score (nSPS) is 10.6. The molecule has 7 heteroatoms. The first kappa shape index (κ1) is 22.1. The number of hydrogen-bond acceptors (Lipinski definition) is 4. The van der Waals surface area contributed by atoms with Crippen molar-refractivity contribution < 1.29 is 14.3 Å². The predicted molar refractivity (Wildman–Crippen MR) is 122 cm³/mol. The van der Waals surface area contributed by atoms with Gasteiger partial charge in [-0.15, -0.1) is 0 Å². The zero-order chi connectivity index (χ0) is 21.9. The Hall–Kier alpha value is -3.64. The molecule has 6 nitrogen and oxygen atoms in total. The fourth-order valence-electron chi connectivity index (χ4n) is 2.63. The third-order valence-corrected chi connectivity index (χ3v) is 4.59. The van der Waals surface area contributed by atoms with Crippen LogP contribution in [0.4, 0.5) is 5.69 Å². The quantitative estimate of drug-likeness (QED) is 0.374. The van der Waals surface area contributed by atoms with Crippen molar-refractivity contribution in [1.29, 1.82) is 0 Å². The van der Waals surface area contributed by atoms with Crippen molar-refractivity contribution in [3.63, 3.8) is 0 Å². The average molecular weight is 436 g/mol. The van der Waals surface area contributed by atoms with Crippen LogP contribution in [0.15, 0.2) is 84.0 Å². The molecule has 0 fully saturated rings. The molecule has 0 aromatic heterocycles. The Morgan fingerprint density at radius 2 is 1.55 bits per heavy atom. The van der Waals surface area contributed by atoms with E-state index in [0.717, 1.165) is 16.9 Å². The van der Waals surface area contributed by atoms with E-state index in [1.54, 1.807) is 24.3 Å². The summed E-state index contributed by atoms with van der Waals surface area (Å²) in [5.41, 5.74) is 4.84. The standard InChI is InChI=1S/C24H22ClN3O3/c25-21-8-4-5-9-22(21)27-23(29)14-15-24(30)28-26-16-18-10-12-20(13-11-18)31-17-19-6-2-1-3-7-19/h1-13,16H,14-15,17H2,(H,27,29)(H,28,30). The molecule has 0 bridgehead atoms. The smallest absolute Gasteiger partial charge is 0.240 e. The topological polar surface area (TPSA) is 79.8 Å². The number of hydrazone groups is 1. The number of hydrogen-bond donors (Lipinski definition) is 2. The third-order valence-electron chi connectivity index (χ3n) is 4.26. The molecule has 0 saturated carbocycles. The van der Waals surface area contributed by atoms with Crippen molar-refractivity contribution in [1.82, 2.24) is 5.43 Å². The number of amides is 2. The molecule has 0 radical (unpaired) electrons. The van der Waals surface area contributed by atoms with Crippen LogP contribution < -0.4 is 15.5 Å². The fourth-order valence-corrected chi connectivity index (χ4v) is 2.81. The SMILES string of the molecule is O=C(CCC(=O)Nc1ccccc1Cl)NN=Cc1ccc(OCc2ccccc2)cc1. The van der Waals surface area contributed by atoms with E-state index in [0.29, 0.717) is 17.3 Å². The zero-order valence-corrected chi connectivity index (χ0v) is 17.5. The first-order valence-electron chi connectivity index (χ1n) is 9.73. The Labute approximate surface area is 185 Å². The second kappa shape index (κ2) is 11.5. The monoisotopic (exact) mass is 435 g/mol. The second-order valence-electron chi connectivity index (χ2n) is 6.66. The number of halogens is 1. The lowest BCUT2D eigenvalue weighted by Crippen LogP contribution is -2.20. The molecule has 3 rings (SSSR count). The minimum Gasteiger partial charge on any atom is -0.489 e. The maximum Gasteiger partial charge on any atom is 0.240 e. The van der Waals surface area contributed by atoms with Crippen LogP contribution in [0.3, 0.4) is 0 Å². The molecule has 3 aromatic carbocycles. The van der Waals surface area contributed by atoms with Crippen LogP contribution in [-0.4, -0.2) is 18.0 Å². The summed E-state index contributed by atoms with van der Waals surface area (Å²) < 4.78 is 5.73. The number of nitrogens with zero attached hydrogens (tertiary/aromatic N) is 1. The molecule has 0 aliphatic carbocycles. The Balaban J connectivity index is 1.38. The van der Waals surface area contributed by atoms with E-state index >= 15 is 0 Å².